The molecule has 26 heavy (non-hydrogen) atoms. The molecular formula is C19H24N4O3. The summed E-state index contributed by atoms with van der Waals surface area (Å²) >= 11 is 0. The lowest BCUT2D eigenvalue weighted by Gasteiger charge is -2.34. The second-order valence-corrected chi connectivity index (χ2v) is 7.37. The average molecular weight is 356 g/mol. The highest BCUT2D eigenvalue weighted by Crippen LogP contribution is 2.15. The number of nitrogens with zero attached hydrogens (tertiary/aromatic N) is 3. The van der Waals surface area contributed by atoms with Crippen molar-refractivity contribution in [3.8, 4) is 0 Å². The Balaban J connectivity index is 1.57. The van der Waals surface area contributed by atoms with Crippen LogP contribution in [-0.2, 0) is 0 Å². The number of amides is 2. The zero-order valence-corrected chi connectivity index (χ0v) is 15.4. The third-order valence-corrected chi connectivity index (χ3v) is 4.10. The van der Waals surface area contributed by atoms with Crippen LogP contribution >= 0.6 is 0 Å². The number of hydrogen-bond donors (Lipinski definition) is 1. The van der Waals surface area contributed by atoms with E-state index in [1.54, 1.807) is 34.2 Å². The van der Waals surface area contributed by atoms with Crippen molar-refractivity contribution in [2.45, 2.75) is 26.3 Å². The molecule has 7 heteroatoms. The predicted molar refractivity (Wildman–Crippen MR) is 98.1 cm³/mol. The van der Waals surface area contributed by atoms with E-state index in [9.17, 15) is 9.59 Å². The number of rotatable bonds is 3. The molecule has 1 aliphatic heterocycles. The molecule has 7 nitrogen and oxygen atoms in total. The highest BCUT2D eigenvalue weighted by molar-refractivity contribution is 5.95. The van der Waals surface area contributed by atoms with Gasteiger partial charge in [-0.2, -0.15) is 0 Å². The fourth-order valence-electron chi connectivity index (χ4n) is 2.83. The van der Waals surface area contributed by atoms with Gasteiger partial charge in [0, 0.05) is 37.9 Å². The molecule has 0 aliphatic carbocycles. The van der Waals surface area contributed by atoms with Crippen LogP contribution in [0.2, 0.25) is 0 Å². The number of hydrogen-bond acceptors (Lipinski definition) is 5. The second-order valence-electron chi connectivity index (χ2n) is 7.37. The number of anilines is 1. The average Bonchev–Trinajstić information content (AvgIpc) is 3.14. The van der Waals surface area contributed by atoms with Crippen LogP contribution < -0.4 is 5.32 Å². The van der Waals surface area contributed by atoms with Gasteiger partial charge in [0.2, 0.25) is 0 Å². The van der Waals surface area contributed by atoms with E-state index in [2.05, 4.69) is 31.1 Å². The Bertz CT molecular complexity index is 755. The number of furan rings is 1. The summed E-state index contributed by atoms with van der Waals surface area (Å²) < 4.78 is 5.15. The molecular weight excluding hydrogens is 332 g/mol. The van der Waals surface area contributed by atoms with Gasteiger partial charge in [0.1, 0.15) is 5.82 Å². The zero-order chi connectivity index (χ0) is 18.7. The van der Waals surface area contributed by atoms with Crippen LogP contribution in [0.3, 0.4) is 0 Å². The fourth-order valence-corrected chi connectivity index (χ4v) is 2.83. The minimum absolute atomic E-state index is 0.0649. The van der Waals surface area contributed by atoms with Crippen LogP contribution in [0.25, 0.3) is 0 Å². The molecule has 2 aromatic heterocycles. The van der Waals surface area contributed by atoms with Crippen LogP contribution in [0.5, 0.6) is 0 Å². The fraction of sp³-hybridized carbons (Fsp3) is 0.421. The van der Waals surface area contributed by atoms with Crippen LogP contribution in [0.1, 0.15) is 41.7 Å². The molecule has 2 aromatic rings. The molecule has 0 atom stereocenters. The van der Waals surface area contributed by atoms with Gasteiger partial charge in [0.15, 0.2) is 5.76 Å². The van der Waals surface area contributed by atoms with E-state index in [1.165, 1.54) is 6.26 Å². The molecule has 138 valence electrons. The smallest absolute Gasteiger partial charge is 0.289 e. The van der Waals surface area contributed by atoms with Gasteiger partial charge in [-0.1, -0.05) is 0 Å². The lowest BCUT2D eigenvalue weighted by Crippen LogP contribution is -2.50. The standard InChI is InChI=1S/C19H24N4O3/c1-19(2,3)21-16-7-6-14(13-20-16)17(24)22-8-10-23(11-9-22)18(25)15-5-4-12-26-15/h4-7,12-13H,8-11H2,1-3H3,(H,20,21). The minimum Gasteiger partial charge on any atom is -0.459 e. The van der Waals surface area contributed by atoms with Gasteiger partial charge >= 0.3 is 0 Å². The molecule has 0 spiro atoms. The third-order valence-electron chi connectivity index (χ3n) is 4.10. The summed E-state index contributed by atoms with van der Waals surface area (Å²) in [6.07, 6.45) is 3.08. The first-order valence-electron chi connectivity index (χ1n) is 8.70. The van der Waals surface area contributed by atoms with E-state index in [0.717, 1.165) is 5.82 Å². The Hall–Kier alpha value is -2.83. The first-order valence-corrected chi connectivity index (χ1v) is 8.70. The highest BCUT2D eigenvalue weighted by Gasteiger charge is 2.26. The Kier molecular flexibility index (Phi) is 4.97. The topological polar surface area (TPSA) is 78.7 Å². The predicted octanol–water partition coefficient (Wildman–Crippen LogP) is 2.48. The van der Waals surface area contributed by atoms with Crippen molar-refractivity contribution in [2.75, 3.05) is 31.5 Å². The first-order chi connectivity index (χ1) is 12.3. The van der Waals surface area contributed by atoms with E-state index in [-0.39, 0.29) is 17.4 Å². The molecule has 3 rings (SSSR count). The third kappa shape index (κ3) is 4.22. The lowest BCUT2D eigenvalue weighted by atomic mass is 10.1. The van der Waals surface area contributed by atoms with Gasteiger partial charge in [0.05, 0.1) is 11.8 Å². The number of carbonyl (C=O) groups is 2. The van der Waals surface area contributed by atoms with E-state index in [0.29, 0.717) is 37.5 Å². The molecule has 3 heterocycles. The van der Waals surface area contributed by atoms with Gasteiger partial charge < -0.3 is 19.5 Å². The van der Waals surface area contributed by atoms with Crippen molar-refractivity contribution in [1.29, 1.82) is 0 Å². The monoisotopic (exact) mass is 356 g/mol. The zero-order valence-electron chi connectivity index (χ0n) is 15.4. The molecule has 0 unspecified atom stereocenters. The van der Waals surface area contributed by atoms with E-state index in [4.69, 9.17) is 4.42 Å². The summed E-state index contributed by atoms with van der Waals surface area (Å²) in [5, 5.41) is 3.27. The molecule has 1 N–H and O–H groups in total. The molecule has 0 aromatic carbocycles. The van der Waals surface area contributed by atoms with Crippen molar-refractivity contribution < 1.29 is 14.0 Å². The summed E-state index contributed by atoms with van der Waals surface area (Å²) in [4.78, 5) is 32.7. The summed E-state index contributed by atoms with van der Waals surface area (Å²) in [5.74, 6) is 0.866. The molecule has 0 radical (unpaired) electrons. The maximum absolute atomic E-state index is 12.6. The normalized spacial score (nSPS) is 15.0. The van der Waals surface area contributed by atoms with Crippen LogP contribution in [0.4, 0.5) is 5.82 Å². The minimum atomic E-state index is -0.138. The van der Waals surface area contributed by atoms with E-state index < -0.39 is 0 Å². The Morgan fingerprint density at radius 2 is 1.69 bits per heavy atom. The van der Waals surface area contributed by atoms with Crippen LogP contribution in [-0.4, -0.2) is 58.3 Å². The highest BCUT2D eigenvalue weighted by atomic mass is 16.3. The van der Waals surface area contributed by atoms with Crippen molar-refractivity contribution in [1.82, 2.24) is 14.8 Å². The van der Waals surface area contributed by atoms with Gasteiger partial charge in [-0.25, -0.2) is 4.98 Å². The van der Waals surface area contributed by atoms with E-state index >= 15 is 0 Å². The molecule has 2 amide bonds. The van der Waals surface area contributed by atoms with Crippen molar-refractivity contribution in [3.63, 3.8) is 0 Å². The number of aromatic nitrogens is 1. The van der Waals surface area contributed by atoms with Gasteiger partial charge in [-0.3, -0.25) is 9.59 Å². The Labute approximate surface area is 153 Å². The number of piperazine rings is 1. The van der Waals surface area contributed by atoms with Crippen molar-refractivity contribution in [3.05, 3.63) is 48.0 Å². The molecule has 0 bridgehead atoms. The van der Waals surface area contributed by atoms with Gasteiger partial charge in [0.25, 0.3) is 11.8 Å². The number of pyridine rings is 1. The maximum Gasteiger partial charge on any atom is 0.289 e. The largest absolute Gasteiger partial charge is 0.459 e. The van der Waals surface area contributed by atoms with Crippen molar-refractivity contribution >= 4 is 17.6 Å². The van der Waals surface area contributed by atoms with E-state index in [1.807, 2.05) is 6.07 Å². The summed E-state index contributed by atoms with van der Waals surface area (Å²) in [6.45, 7) is 8.12. The lowest BCUT2D eigenvalue weighted by molar-refractivity contribution is 0.0518. The number of nitrogens with one attached hydrogen (secondary N) is 1. The molecule has 1 aliphatic rings. The Morgan fingerprint density at radius 3 is 2.19 bits per heavy atom. The molecule has 1 saturated heterocycles. The van der Waals surface area contributed by atoms with Gasteiger partial charge in [-0.05, 0) is 45.0 Å². The summed E-state index contributed by atoms with van der Waals surface area (Å²) in [6, 6.07) is 6.94. The quantitative estimate of drug-likeness (QED) is 0.914. The Morgan fingerprint density at radius 1 is 1.04 bits per heavy atom. The van der Waals surface area contributed by atoms with Gasteiger partial charge in [-0.15, -0.1) is 0 Å². The summed E-state index contributed by atoms with van der Waals surface area (Å²) in [5.41, 5.74) is 0.463. The van der Waals surface area contributed by atoms with Crippen LogP contribution in [0, 0.1) is 0 Å². The first kappa shape index (κ1) is 18.0. The molecule has 0 saturated carbocycles. The SMILES string of the molecule is CC(C)(C)Nc1ccc(C(=O)N2CCN(C(=O)c3ccco3)CC2)cn1. The van der Waals surface area contributed by atoms with Crippen LogP contribution in [0.15, 0.2) is 41.1 Å². The maximum atomic E-state index is 12.6. The summed E-state index contributed by atoms with van der Waals surface area (Å²) in [7, 11) is 0. The van der Waals surface area contributed by atoms with Crippen molar-refractivity contribution in [2.24, 2.45) is 0 Å². The molecule has 1 fully saturated rings. The second kappa shape index (κ2) is 7.19. The number of carbonyl (C=O) groups excluding carboxylic acids is 2.